The van der Waals surface area contributed by atoms with Gasteiger partial charge in [-0.1, -0.05) is 60.7 Å². The quantitative estimate of drug-likeness (QED) is 0.241. The molecule has 0 saturated carbocycles. The number of hydrogen-bond donors (Lipinski definition) is 0. The SMILES string of the molecule is CCc1cccc2sc(N(CCCn3ccnc3)C(=O)COc3ccc4ccccc4c3)nc12.Cl. The summed E-state index contributed by atoms with van der Waals surface area (Å²) in [5.74, 6) is 0.582. The van der Waals surface area contributed by atoms with Gasteiger partial charge < -0.3 is 9.30 Å². The lowest BCUT2D eigenvalue weighted by Crippen LogP contribution is -2.36. The van der Waals surface area contributed by atoms with Crippen LogP contribution in [0.25, 0.3) is 21.0 Å². The molecule has 3 aromatic carbocycles. The van der Waals surface area contributed by atoms with Crippen LogP contribution in [0.1, 0.15) is 18.9 Å². The molecule has 5 rings (SSSR count). The lowest BCUT2D eigenvalue weighted by Gasteiger charge is -2.20. The van der Waals surface area contributed by atoms with Gasteiger partial charge in [0.1, 0.15) is 5.75 Å². The molecule has 0 atom stereocenters. The monoisotopic (exact) mass is 506 g/mol. The summed E-state index contributed by atoms with van der Waals surface area (Å²) in [6.45, 7) is 3.42. The molecular weight excluding hydrogens is 480 g/mol. The number of aromatic nitrogens is 3. The van der Waals surface area contributed by atoms with Crippen LogP contribution in [0, 0.1) is 0 Å². The molecule has 8 heteroatoms. The molecule has 180 valence electrons. The molecule has 0 saturated heterocycles. The number of anilines is 1. The number of para-hydroxylation sites is 1. The van der Waals surface area contributed by atoms with Gasteiger partial charge in [-0.3, -0.25) is 9.69 Å². The van der Waals surface area contributed by atoms with E-state index in [0.29, 0.717) is 17.4 Å². The van der Waals surface area contributed by atoms with Crippen LogP contribution in [-0.2, 0) is 17.8 Å². The molecule has 5 aromatic rings. The Hall–Kier alpha value is -3.42. The van der Waals surface area contributed by atoms with Crippen LogP contribution in [0.3, 0.4) is 0 Å². The number of halogens is 1. The van der Waals surface area contributed by atoms with Crippen LogP contribution in [0.4, 0.5) is 5.13 Å². The maximum Gasteiger partial charge on any atom is 0.266 e. The van der Waals surface area contributed by atoms with Crippen molar-refractivity contribution in [2.45, 2.75) is 26.3 Å². The Morgan fingerprint density at radius 3 is 2.74 bits per heavy atom. The van der Waals surface area contributed by atoms with E-state index in [1.165, 1.54) is 5.56 Å². The highest BCUT2D eigenvalue weighted by atomic mass is 35.5. The van der Waals surface area contributed by atoms with Gasteiger partial charge in [-0.15, -0.1) is 12.4 Å². The van der Waals surface area contributed by atoms with Crippen LogP contribution in [0.5, 0.6) is 5.75 Å². The number of amides is 1. The minimum Gasteiger partial charge on any atom is -0.484 e. The maximum atomic E-state index is 13.4. The van der Waals surface area contributed by atoms with E-state index in [1.54, 1.807) is 28.8 Å². The highest BCUT2D eigenvalue weighted by Gasteiger charge is 2.21. The average Bonchev–Trinajstić information content (AvgIpc) is 3.54. The largest absolute Gasteiger partial charge is 0.484 e. The fourth-order valence-electron chi connectivity index (χ4n) is 4.03. The lowest BCUT2D eigenvalue weighted by atomic mass is 10.1. The van der Waals surface area contributed by atoms with Crippen molar-refractivity contribution in [1.29, 1.82) is 0 Å². The summed E-state index contributed by atoms with van der Waals surface area (Å²) in [6, 6.07) is 20.2. The van der Waals surface area contributed by atoms with Crippen molar-refractivity contribution < 1.29 is 9.53 Å². The highest BCUT2D eigenvalue weighted by Crippen LogP contribution is 2.31. The lowest BCUT2D eigenvalue weighted by molar-refractivity contribution is -0.120. The van der Waals surface area contributed by atoms with Crippen molar-refractivity contribution in [2.75, 3.05) is 18.1 Å². The molecule has 0 unspecified atom stereocenters. The Bertz CT molecular complexity index is 1420. The van der Waals surface area contributed by atoms with Crippen LogP contribution >= 0.6 is 23.7 Å². The minimum atomic E-state index is -0.101. The van der Waals surface area contributed by atoms with E-state index in [0.717, 1.165) is 40.4 Å². The molecule has 2 aromatic heterocycles. The summed E-state index contributed by atoms with van der Waals surface area (Å²) in [6.07, 6.45) is 7.18. The standard InChI is InChI=1S/C27H26N4O2S.ClH/c1-2-20-9-5-10-24-26(20)29-27(34-24)31(15-6-14-30-16-13-28-19-30)25(32)18-33-23-12-11-21-7-3-4-8-22(21)17-23;/h3-5,7-13,16-17,19H,2,6,14-15,18H2,1H3;1H. The highest BCUT2D eigenvalue weighted by molar-refractivity contribution is 7.22. The first-order valence-electron chi connectivity index (χ1n) is 11.5. The predicted octanol–water partition coefficient (Wildman–Crippen LogP) is 6.13. The molecule has 2 heterocycles. The van der Waals surface area contributed by atoms with Crippen LogP contribution in [0.15, 0.2) is 79.4 Å². The topological polar surface area (TPSA) is 60.2 Å². The molecule has 0 aliphatic heterocycles. The van der Waals surface area contributed by atoms with Crippen molar-refractivity contribution in [3.8, 4) is 5.75 Å². The van der Waals surface area contributed by atoms with Crippen LogP contribution in [0.2, 0.25) is 0 Å². The minimum absolute atomic E-state index is 0. The Morgan fingerprint density at radius 2 is 1.94 bits per heavy atom. The molecule has 6 nitrogen and oxygen atoms in total. The zero-order chi connectivity index (χ0) is 23.3. The molecule has 0 N–H and O–H groups in total. The fourth-order valence-corrected chi connectivity index (χ4v) is 5.09. The molecule has 0 aliphatic rings. The molecule has 0 aliphatic carbocycles. The van der Waals surface area contributed by atoms with E-state index >= 15 is 0 Å². The van der Waals surface area contributed by atoms with Crippen LogP contribution in [-0.4, -0.2) is 33.6 Å². The van der Waals surface area contributed by atoms with Gasteiger partial charge in [-0.05, 0) is 47.4 Å². The molecule has 35 heavy (non-hydrogen) atoms. The number of fused-ring (bicyclic) bond motifs is 2. The van der Waals surface area contributed by atoms with Gasteiger partial charge in [0.05, 0.1) is 16.5 Å². The van der Waals surface area contributed by atoms with Crippen molar-refractivity contribution in [3.63, 3.8) is 0 Å². The summed E-state index contributed by atoms with van der Waals surface area (Å²) >= 11 is 1.55. The van der Waals surface area contributed by atoms with Gasteiger partial charge in [0.25, 0.3) is 5.91 Å². The fraction of sp³-hybridized carbons (Fsp3) is 0.222. The third-order valence-electron chi connectivity index (χ3n) is 5.84. The number of nitrogens with zero attached hydrogens (tertiary/aromatic N) is 4. The molecule has 0 radical (unpaired) electrons. The third kappa shape index (κ3) is 5.63. The number of rotatable bonds is 9. The normalized spacial score (nSPS) is 10.9. The summed E-state index contributed by atoms with van der Waals surface area (Å²) in [5, 5.41) is 2.94. The Balaban J connectivity index is 0.00000289. The Morgan fingerprint density at radius 1 is 1.09 bits per heavy atom. The van der Waals surface area contributed by atoms with Gasteiger partial charge >= 0.3 is 0 Å². The smallest absolute Gasteiger partial charge is 0.266 e. The second kappa shape index (κ2) is 11.3. The summed E-state index contributed by atoms with van der Waals surface area (Å²) in [4.78, 5) is 24.1. The van der Waals surface area contributed by atoms with E-state index < -0.39 is 0 Å². The van der Waals surface area contributed by atoms with E-state index in [1.807, 2.05) is 47.2 Å². The van der Waals surface area contributed by atoms with Crippen molar-refractivity contribution in [1.82, 2.24) is 14.5 Å². The summed E-state index contributed by atoms with van der Waals surface area (Å²) in [5.41, 5.74) is 2.17. The van der Waals surface area contributed by atoms with E-state index in [4.69, 9.17) is 9.72 Å². The second-order valence-corrected chi connectivity index (χ2v) is 9.12. The number of carbonyl (C=O) groups excluding carboxylic acids is 1. The number of thiazole rings is 1. The number of ether oxygens (including phenoxy) is 1. The summed E-state index contributed by atoms with van der Waals surface area (Å²) < 4.78 is 9.03. The molecular formula is C27H27ClN4O2S. The van der Waals surface area contributed by atoms with Crippen molar-refractivity contribution >= 4 is 55.8 Å². The van der Waals surface area contributed by atoms with Gasteiger partial charge in [0, 0.05) is 25.5 Å². The van der Waals surface area contributed by atoms with Gasteiger partial charge in [0.15, 0.2) is 11.7 Å². The average molecular weight is 507 g/mol. The first-order valence-corrected chi connectivity index (χ1v) is 12.3. The number of imidazole rings is 1. The third-order valence-corrected chi connectivity index (χ3v) is 6.89. The molecule has 0 bridgehead atoms. The van der Waals surface area contributed by atoms with Crippen molar-refractivity contribution in [3.05, 3.63) is 84.9 Å². The number of aryl methyl sites for hydroxylation is 2. The molecule has 0 spiro atoms. The number of hydrogen-bond acceptors (Lipinski definition) is 5. The zero-order valence-corrected chi connectivity index (χ0v) is 21.1. The zero-order valence-electron chi connectivity index (χ0n) is 19.5. The predicted molar refractivity (Wildman–Crippen MR) is 145 cm³/mol. The van der Waals surface area contributed by atoms with Gasteiger partial charge in [0.2, 0.25) is 0 Å². The van der Waals surface area contributed by atoms with E-state index in [-0.39, 0.29) is 24.9 Å². The first kappa shape index (κ1) is 24.7. The van der Waals surface area contributed by atoms with E-state index in [2.05, 4.69) is 36.2 Å². The first-order chi connectivity index (χ1) is 16.7. The number of benzene rings is 3. The Kier molecular flexibility index (Phi) is 8.00. The Labute approximate surface area is 214 Å². The summed E-state index contributed by atoms with van der Waals surface area (Å²) in [7, 11) is 0. The van der Waals surface area contributed by atoms with E-state index in [9.17, 15) is 4.79 Å². The number of carbonyl (C=O) groups is 1. The maximum absolute atomic E-state index is 13.4. The second-order valence-electron chi connectivity index (χ2n) is 8.11. The molecule has 1 amide bonds. The molecule has 0 fully saturated rings. The van der Waals surface area contributed by atoms with Crippen molar-refractivity contribution in [2.24, 2.45) is 0 Å². The van der Waals surface area contributed by atoms with Crippen LogP contribution < -0.4 is 9.64 Å². The van der Waals surface area contributed by atoms with Gasteiger partial charge in [-0.25, -0.2) is 9.97 Å². The van der Waals surface area contributed by atoms with Gasteiger partial charge in [-0.2, -0.15) is 0 Å².